The highest BCUT2D eigenvalue weighted by Crippen LogP contribution is 2.23. The van der Waals surface area contributed by atoms with E-state index in [1.807, 2.05) is 55.5 Å². The van der Waals surface area contributed by atoms with Crippen LogP contribution < -0.4 is 20.7 Å². The summed E-state index contributed by atoms with van der Waals surface area (Å²) in [5.74, 6) is -0.915. The van der Waals surface area contributed by atoms with Gasteiger partial charge in [0.1, 0.15) is 17.8 Å². The molecule has 4 aromatic rings. The van der Waals surface area contributed by atoms with Gasteiger partial charge in [-0.25, -0.2) is 4.98 Å². The molecule has 260 valence electrons. The number of nitrogens with zero attached hydrogens (tertiary/aromatic N) is 4. The fraction of sp³-hybridized carbons (Fsp3) is 0.378. The molecule has 0 spiro atoms. The van der Waals surface area contributed by atoms with E-state index in [1.54, 1.807) is 29.4 Å². The van der Waals surface area contributed by atoms with E-state index in [1.165, 1.54) is 0 Å². The molecule has 50 heavy (non-hydrogen) atoms. The fourth-order valence-electron chi connectivity index (χ4n) is 6.33. The third-order valence-corrected chi connectivity index (χ3v) is 9.26. The van der Waals surface area contributed by atoms with Crippen molar-refractivity contribution >= 4 is 23.6 Å². The zero-order chi connectivity index (χ0) is 34.9. The number of ether oxygens (including phenoxy) is 1. The van der Waals surface area contributed by atoms with Crippen molar-refractivity contribution in [3.63, 3.8) is 0 Å². The molecule has 3 atom stereocenters. The van der Waals surface area contributed by atoms with Crippen LogP contribution in [0.3, 0.4) is 0 Å². The Kier molecular flexibility index (Phi) is 11.1. The Morgan fingerprint density at radius 1 is 1.04 bits per heavy atom. The third-order valence-electron chi connectivity index (χ3n) is 9.26. The third kappa shape index (κ3) is 8.90. The van der Waals surface area contributed by atoms with Gasteiger partial charge in [-0.15, -0.1) is 0 Å². The first-order valence-corrected chi connectivity index (χ1v) is 17.1. The van der Waals surface area contributed by atoms with Crippen LogP contribution in [-0.4, -0.2) is 80.5 Å². The lowest BCUT2D eigenvalue weighted by molar-refractivity contribution is -0.137. The number of carbonyl (C=O) groups excluding carboxylic acids is 4. The first-order valence-electron chi connectivity index (χ1n) is 17.1. The molecule has 13 heteroatoms. The number of nitrogens with one attached hydrogen (secondary N) is 4. The topological polar surface area (TPSA) is 171 Å². The lowest BCUT2D eigenvalue weighted by atomic mass is 9.94. The SMILES string of the molecule is Cc1ccc2cc1CNC(=O)[C@H](CCc1ccccc1)NC(=O)[C@@H](NC(=O)c1nc(-c3cccnc3)n[nH]1)CC(=O)N1CCCC(CCO2)C1. The van der Waals surface area contributed by atoms with Gasteiger partial charge in [-0.2, -0.15) is 5.10 Å². The average molecular weight is 679 g/mol. The second-order valence-electron chi connectivity index (χ2n) is 12.9. The fourth-order valence-corrected chi connectivity index (χ4v) is 6.33. The standard InChI is InChI=1S/C37H42N8O5/c1-24-11-13-29-19-28(24)22-39-35(47)30(14-12-25-7-3-2-4-8-25)40-36(48)31(20-32(46)45-17-6-9-26(23-45)15-18-50-29)41-37(49)34-42-33(43-44-34)27-10-5-16-38-21-27/h2-5,7-8,10-11,13,16,19,21,26,30-31H,6,9,12,14-15,17-18,20,22-23H2,1H3,(H,39,47)(H,40,48)(H,41,49)(H,42,43,44)/t26?,30-,31-/m0/s1. The van der Waals surface area contributed by atoms with Gasteiger partial charge in [-0.1, -0.05) is 36.4 Å². The predicted molar refractivity (Wildman–Crippen MR) is 185 cm³/mol. The van der Waals surface area contributed by atoms with Gasteiger partial charge in [0.05, 0.1) is 13.0 Å². The monoisotopic (exact) mass is 678 g/mol. The number of piperidine rings is 1. The summed E-state index contributed by atoms with van der Waals surface area (Å²) in [6.45, 7) is 3.78. The Bertz CT molecular complexity index is 1800. The molecule has 1 fully saturated rings. The highest BCUT2D eigenvalue weighted by atomic mass is 16.5. The number of hydrogen-bond donors (Lipinski definition) is 4. The predicted octanol–water partition coefficient (Wildman–Crippen LogP) is 3.12. The van der Waals surface area contributed by atoms with Crippen LogP contribution in [0.25, 0.3) is 11.4 Å². The number of benzene rings is 2. The number of fused-ring (bicyclic) bond motifs is 4. The van der Waals surface area contributed by atoms with Crippen molar-refractivity contribution in [2.75, 3.05) is 19.7 Å². The molecule has 2 aromatic carbocycles. The van der Waals surface area contributed by atoms with Gasteiger partial charge in [-0.05, 0) is 85.9 Å². The molecule has 2 aliphatic rings. The summed E-state index contributed by atoms with van der Waals surface area (Å²) in [5, 5.41) is 15.3. The highest BCUT2D eigenvalue weighted by Gasteiger charge is 2.32. The van der Waals surface area contributed by atoms with Gasteiger partial charge in [0, 0.05) is 37.6 Å². The minimum Gasteiger partial charge on any atom is -0.494 e. The second-order valence-corrected chi connectivity index (χ2v) is 12.9. The Morgan fingerprint density at radius 3 is 2.72 bits per heavy atom. The lowest BCUT2D eigenvalue weighted by Crippen LogP contribution is -2.55. The van der Waals surface area contributed by atoms with Gasteiger partial charge >= 0.3 is 0 Å². The zero-order valence-corrected chi connectivity index (χ0v) is 28.1. The Labute approximate surface area is 290 Å². The Hall–Kier alpha value is -5.59. The van der Waals surface area contributed by atoms with Crippen molar-refractivity contribution in [3.05, 3.63) is 95.6 Å². The molecular weight excluding hydrogens is 636 g/mol. The smallest absolute Gasteiger partial charge is 0.289 e. The van der Waals surface area contributed by atoms with Crippen molar-refractivity contribution < 1.29 is 23.9 Å². The van der Waals surface area contributed by atoms with E-state index in [9.17, 15) is 19.2 Å². The number of H-pyrrole nitrogens is 1. The van der Waals surface area contributed by atoms with E-state index in [0.717, 1.165) is 41.7 Å². The van der Waals surface area contributed by atoms with E-state index < -0.39 is 23.9 Å². The summed E-state index contributed by atoms with van der Waals surface area (Å²) < 4.78 is 6.11. The largest absolute Gasteiger partial charge is 0.494 e. The van der Waals surface area contributed by atoms with Crippen molar-refractivity contribution in [3.8, 4) is 17.1 Å². The molecule has 2 aliphatic heterocycles. The van der Waals surface area contributed by atoms with E-state index >= 15 is 0 Å². The molecule has 0 radical (unpaired) electrons. The summed E-state index contributed by atoms with van der Waals surface area (Å²) in [5.41, 5.74) is 3.51. The average Bonchev–Trinajstić information content (AvgIpc) is 3.64. The molecule has 2 aromatic heterocycles. The molecule has 4 heterocycles. The van der Waals surface area contributed by atoms with Crippen LogP contribution in [0.4, 0.5) is 0 Å². The van der Waals surface area contributed by atoms with Gasteiger partial charge in [0.25, 0.3) is 5.91 Å². The molecule has 1 unspecified atom stereocenters. The Balaban J connectivity index is 1.26. The van der Waals surface area contributed by atoms with Crippen LogP contribution in [0.5, 0.6) is 5.75 Å². The van der Waals surface area contributed by atoms with E-state index in [0.29, 0.717) is 38.1 Å². The number of carbonyl (C=O) groups is 4. The maximum absolute atomic E-state index is 14.0. The molecule has 4 amide bonds. The molecule has 1 saturated heterocycles. The van der Waals surface area contributed by atoms with E-state index in [4.69, 9.17) is 4.74 Å². The van der Waals surface area contributed by atoms with E-state index in [-0.39, 0.29) is 42.3 Å². The molecular formula is C37H42N8O5. The first-order chi connectivity index (χ1) is 24.3. The van der Waals surface area contributed by atoms with Crippen molar-refractivity contribution in [1.82, 2.24) is 41.0 Å². The van der Waals surface area contributed by atoms with Crippen molar-refractivity contribution in [2.45, 2.75) is 64.1 Å². The summed E-state index contributed by atoms with van der Waals surface area (Å²) in [4.78, 5) is 65.1. The quantitative estimate of drug-likeness (QED) is 0.241. The van der Waals surface area contributed by atoms with Gasteiger partial charge in [0.15, 0.2) is 5.82 Å². The van der Waals surface area contributed by atoms with Crippen LogP contribution in [0, 0.1) is 12.8 Å². The van der Waals surface area contributed by atoms with Crippen molar-refractivity contribution in [1.29, 1.82) is 0 Å². The maximum Gasteiger partial charge on any atom is 0.289 e. The summed E-state index contributed by atoms with van der Waals surface area (Å²) in [6, 6.07) is 16.7. The van der Waals surface area contributed by atoms with Crippen LogP contribution >= 0.6 is 0 Å². The molecule has 4 N–H and O–H groups in total. The molecule has 0 saturated carbocycles. The number of aromatic amines is 1. The van der Waals surface area contributed by atoms with E-state index in [2.05, 4.69) is 36.1 Å². The van der Waals surface area contributed by atoms with Crippen LogP contribution in [0.1, 0.15) is 59.4 Å². The van der Waals surface area contributed by atoms with Gasteiger partial charge < -0.3 is 25.6 Å². The second kappa shape index (κ2) is 16.2. The Morgan fingerprint density at radius 2 is 1.90 bits per heavy atom. The number of amides is 4. The molecule has 0 aliphatic carbocycles. The zero-order valence-electron chi connectivity index (χ0n) is 28.1. The number of rotatable bonds is 6. The number of aryl methyl sites for hydroxylation is 2. The molecule has 6 rings (SSSR count). The van der Waals surface area contributed by atoms with Gasteiger partial charge in [0.2, 0.25) is 23.5 Å². The lowest BCUT2D eigenvalue weighted by Gasteiger charge is -2.34. The van der Waals surface area contributed by atoms with Crippen LogP contribution in [0.15, 0.2) is 73.1 Å². The molecule has 13 nitrogen and oxygen atoms in total. The minimum atomic E-state index is -1.28. The number of pyridine rings is 1. The normalized spacial score (nSPS) is 20.5. The summed E-state index contributed by atoms with van der Waals surface area (Å²) >= 11 is 0. The first kappa shape index (κ1) is 34.3. The number of hydrogen-bond acceptors (Lipinski definition) is 8. The van der Waals surface area contributed by atoms with Crippen LogP contribution in [0.2, 0.25) is 0 Å². The number of aromatic nitrogens is 4. The van der Waals surface area contributed by atoms with Gasteiger partial charge in [-0.3, -0.25) is 29.3 Å². The minimum absolute atomic E-state index is 0.127. The summed E-state index contributed by atoms with van der Waals surface area (Å²) in [7, 11) is 0. The highest BCUT2D eigenvalue weighted by molar-refractivity contribution is 5.98. The van der Waals surface area contributed by atoms with Crippen molar-refractivity contribution in [2.24, 2.45) is 5.92 Å². The molecule has 4 bridgehead atoms. The maximum atomic E-state index is 14.0. The summed E-state index contributed by atoms with van der Waals surface area (Å²) in [6.07, 6.45) is 6.25. The van der Waals surface area contributed by atoms with Crippen LogP contribution in [-0.2, 0) is 27.3 Å².